The van der Waals surface area contributed by atoms with Crippen molar-refractivity contribution in [2.75, 3.05) is 19.5 Å². The summed E-state index contributed by atoms with van der Waals surface area (Å²) < 4.78 is 18.6. The fraction of sp³-hybridized carbons (Fsp3) is 0.233. The number of benzene rings is 3. The molecule has 0 spiro atoms. The van der Waals surface area contributed by atoms with Crippen molar-refractivity contribution in [1.29, 1.82) is 0 Å². The maximum Gasteiger partial charge on any atom is 0.226 e. The quantitative estimate of drug-likeness (QED) is 0.363. The predicted octanol–water partition coefficient (Wildman–Crippen LogP) is 5.29. The number of allylic oxidation sites excluding steroid dienone is 2. The molecule has 3 aromatic carbocycles. The lowest BCUT2D eigenvalue weighted by molar-refractivity contribution is -0.116. The van der Waals surface area contributed by atoms with Gasteiger partial charge in [-0.15, -0.1) is 0 Å². The number of carbonyl (C=O) groups is 1. The molecule has 1 aliphatic heterocycles. The molecule has 6 rings (SSSR count). The molecule has 2 atom stereocenters. The summed E-state index contributed by atoms with van der Waals surface area (Å²) in [6, 6.07) is 23.4. The molecule has 4 aromatic rings. The number of rotatable bonds is 7. The lowest BCUT2D eigenvalue weighted by Gasteiger charge is -2.35. The predicted molar refractivity (Wildman–Crippen MR) is 143 cm³/mol. The average molecular weight is 509 g/mol. The van der Waals surface area contributed by atoms with Gasteiger partial charge < -0.3 is 19.5 Å². The molecule has 0 bridgehead atoms. The zero-order chi connectivity index (χ0) is 26.1. The number of hydrogen-bond acceptors (Lipinski definition) is 7. The molecule has 1 aliphatic carbocycles. The van der Waals surface area contributed by atoms with Crippen LogP contribution in [0.2, 0.25) is 0 Å². The molecule has 8 heteroatoms. The fourth-order valence-electron chi connectivity index (χ4n) is 5.29. The Morgan fingerprint density at radius 3 is 2.45 bits per heavy atom. The van der Waals surface area contributed by atoms with Crippen LogP contribution < -0.4 is 19.5 Å². The summed E-state index contributed by atoms with van der Waals surface area (Å²) in [7, 11) is 3.23. The van der Waals surface area contributed by atoms with Gasteiger partial charge in [0.25, 0.3) is 0 Å². The number of methoxy groups -OCH3 is 2. The maximum absolute atomic E-state index is 13.7. The van der Waals surface area contributed by atoms with Crippen LogP contribution in [-0.2, 0) is 11.4 Å². The second-order valence-electron chi connectivity index (χ2n) is 9.43. The van der Waals surface area contributed by atoms with E-state index < -0.39 is 0 Å². The molecular weight excluding hydrogens is 480 g/mol. The number of ketones is 1. The number of fused-ring (bicyclic) bond motifs is 1. The molecule has 2 heterocycles. The Morgan fingerprint density at radius 1 is 0.921 bits per heavy atom. The van der Waals surface area contributed by atoms with E-state index in [0.29, 0.717) is 36.9 Å². The SMILES string of the molecule is COc1ccc(C2CC(=O)C3=C(C2)Nc2ncnn2C3c2ccc(OCc3ccccc3)cc2)cc1OC. The van der Waals surface area contributed by atoms with E-state index in [1.165, 1.54) is 6.33 Å². The first-order valence-electron chi connectivity index (χ1n) is 12.6. The number of nitrogens with zero attached hydrogens (tertiary/aromatic N) is 3. The molecule has 0 saturated heterocycles. The number of aromatic nitrogens is 3. The summed E-state index contributed by atoms with van der Waals surface area (Å²) in [4.78, 5) is 18.1. The first kappa shape index (κ1) is 23.8. The van der Waals surface area contributed by atoms with Gasteiger partial charge in [0, 0.05) is 17.7 Å². The number of carbonyl (C=O) groups excluding carboxylic acids is 1. The molecule has 8 nitrogen and oxygen atoms in total. The van der Waals surface area contributed by atoms with Crippen LogP contribution in [-0.4, -0.2) is 34.8 Å². The van der Waals surface area contributed by atoms with E-state index in [1.54, 1.807) is 18.9 Å². The monoisotopic (exact) mass is 508 g/mol. The average Bonchev–Trinajstić information content (AvgIpc) is 3.43. The molecule has 2 unspecified atom stereocenters. The maximum atomic E-state index is 13.7. The molecule has 2 aliphatic rings. The van der Waals surface area contributed by atoms with Gasteiger partial charge in [0.1, 0.15) is 24.7 Å². The summed E-state index contributed by atoms with van der Waals surface area (Å²) in [5.41, 5.74) is 4.71. The zero-order valence-corrected chi connectivity index (χ0v) is 21.3. The number of Topliss-reactive ketones (excluding diaryl/α,β-unsaturated/α-hetero) is 1. The van der Waals surface area contributed by atoms with Gasteiger partial charge in [-0.05, 0) is 53.3 Å². The fourth-order valence-corrected chi connectivity index (χ4v) is 5.29. The third-order valence-electron chi connectivity index (χ3n) is 7.18. The van der Waals surface area contributed by atoms with Crippen LogP contribution in [0, 0.1) is 0 Å². The van der Waals surface area contributed by atoms with Gasteiger partial charge in [0.05, 0.1) is 14.2 Å². The van der Waals surface area contributed by atoms with Gasteiger partial charge in [-0.3, -0.25) is 4.79 Å². The number of anilines is 1. The Balaban J connectivity index is 1.29. The first-order chi connectivity index (χ1) is 18.6. The van der Waals surface area contributed by atoms with E-state index >= 15 is 0 Å². The lowest BCUT2D eigenvalue weighted by atomic mass is 9.78. The smallest absolute Gasteiger partial charge is 0.226 e. The highest BCUT2D eigenvalue weighted by Gasteiger charge is 2.39. The normalized spacial score (nSPS) is 18.3. The van der Waals surface area contributed by atoms with Crippen molar-refractivity contribution in [1.82, 2.24) is 14.8 Å². The molecule has 192 valence electrons. The minimum atomic E-state index is -0.356. The van der Waals surface area contributed by atoms with E-state index in [2.05, 4.69) is 15.4 Å². The summed E-state index contributed by atoms with van der Waals surface area (Å²) in [5, 5.41) is 7.83. The van der Waals surface area contributed by atoms with Gasteiger partial charge in [-0.2, -0.15) is 10.1 Å². The van der Waals surface area contributed by atoms with E-state index in [9.17, 15) is 4.79 Å². The summed E-state index contributed by atoms with van der Waals surface area (Å²) >= 11 is 0. The Kier molecular flexibility index (Phi) is 6.29. The van der Waals surface area contributed by atoms with Crippen molar-refractivity contribution in [3.05, 3.63) is 107 Å². The summed E-state index contributed by atoms with van der Waals surface area (Å²) in [6.45, 7) is 0.492. The van der Waals surface area contributed by atoms with E-state index in [-0.39, 0.29) is 17.7 Å². The summed E-state index contributed by atoms with van der Waals surface area (Å²) in [6.07, 6.45) is 2.59. The molecule has 1 N–H and O–H groups in total. The Bertz CT molecular complexity index is 1490. The van der Waals surface area contributed by atoms with Crippen LogP contribution in [0.1, 0.15) is 41.5 Å². The standard InChI is InChI=1S/C30H28N4O4/c1-36-26-13-10-21(16-27(26)37-2)22-14-24-28(25(35)15-22)29(34-30(33-24)31-18-32-34)20-8-11-23(12-9-20)38-17-19-6-4-3-5-7-19/h3-13,16,18,22,29H,14-15,17H2,1-2H3,(H,31,32,33). The van der Waals surface area contributed by atoms with Crippen LogP contribution >= 0.6 is 0 Å². The van der Waals surface area contributed by atoms with Gasteiger partial charge in [-0.1, -0.05) is 48.5 Å². The molecule has 0 saturated carbocycles. The van der Waals surface area contributed by atoms with Gasteiger partial charge in [0.2, 0.25) is 5.95 Å². The lowest BCUT2D eigenvalue weighted by Crippen LogP contribution is -2.33. The molecule has 0 amide bonds. The van der Waals surface area contributed by atoms with Crippen molar-refractivity contribution in [3.63, 3.8) is 0 Å². The molecule has 38 heavy (non-hydrogen) atoms. The van der Waals surface area contributed by atoms with Crippen LogP contribution in [0.15, 0.2) is 90.4 Å². The van der Waals surface area contributed by atoms with Crippen LogP contribution in [0.3, 0.4) is 0 Å². The first-order valence-corrected chi connectivity index (χ1v) is 12.6. The number of ether oxygens (including phenoxy) is 3. The Labute approximate surface area is 220 Å². The highest BCUT2D eigenvalue weighted by molar-refractivity contribution is 6.00. The van der Waals surface area contributed by atoms with E-state index in [4.69, 9.17) is 14.2 Å². The van der Waals surface area contributed by atoms with Crippen LogP contribution in [0.25, 0.3) is 0 Å². The summed E-state index contributed by atoms with van der Waals surface area (Å²) in [5.74, 6) is 2.81. The van der Waals surface area contributed by atoms with Gasteiger partial charge >= 0.3 is 0 Å². The highest BCUT2D eigenvalue weighted by atomic mass is 16.5. The Morgan fingerprint density at radius 2 is 1.68 bits per heavy atom. The van der Waals surface area contributed by atoms with Gasteiger partial charge in [0.15, 0.2) is 17.3 Å². The van der Waals surface area contributed by atoms with Gasteiger partial charge in [-0.25, -0.2) is 4.68 Å². The molecule has 1 aromatic heterocycles. The highest BCUT2D eigenvalue weighted by Crippen LogP contribution is 2.45. The number of hydrogen-bond donors (Lipinski definition) is 1. The van der Waals surface area contributed by atoms with Crippen molar-refractivity contribution < 1.29 is 19.0 Å². The van der Waals surface area contributed by atoms with Crippen molar-refractivity contribution >= 4 is 11.7 Å². The van der Waals surface area contributed by atoms with Crippen LogP contribution in [0.5, 0.6) is 17.2 Å². The minimum Gasteiger partial charge on any atom is -0.493 e. The van der Waals surface area contributed by atoms with Crippen molar-refractivity contribution in [3.8, 4) is 17.2 Å². The number of nitrogens with one attached hydrogen (secondary N) is 1. The van der Waals surface area contributed by atoms with E-state index in [1.807, 2.05) is 72.8 Å². The largest absolute Gasteiger partial charge is 0.493 e. The zero-order valence-electron chi connectivity index (χ0n) is 21.3. The molecule has 0 fully saturated rings. The topological polar surface area (TPSA) is 87.5 Å². The molecule has 0 radical (unpaired) electrons. The van der Waals surface area contributed by atoms with Crippen molar-refractivity contribution in [2.45, 2.75) is 31.4 Å². The third kappa shape index (κ3) is 4.38. The second kappa shape index (κ2) is 10.0. The molecular formula is C30H28N4O4. The van der Waals surface area contributed by atoms with E-state index in [0.717, 1.165) is 33.7 Å². The van der Waals surface area contributed by atoms with Crippen molar-refractivity contribution in [2.24, 2.45) is 0 Å². The minimum absolute atomic E-state index is 0.0115. The van der Waals surface area contributed by atoms with Crippen LogP contribution in [0.4, 0.5) is 5.95 Å². The Hall–Kier alpha value is -4.59. The second-order valence-corrected chi connectivity index (χ2v) is 9.43. The third-order valence-corrected chi connectivity index (χ3v) is 7.18.